The van der Waals surface area contributed by atoms with E-state index in [0.717, 1.165) is 11.3 Å². The number of nitrogens with zero attached hydrogens (tertiary/aromatic N) is 1. The standard InChI is InChI=1S/C19H19ClN2O5S/c1-3-18(23)22-9-8-12-10-14(5-7-17(12)22)28(25,26)21-13-4-6-16(20)15(11-13)19(24)27-2/h4-7,10-11,21H,3,8-9H2,1-2H3. The van der Waals surface area contributed by atoms with Gasteiger partial charge >= 0.3 is 5.97 Å². The first-order valence-electron chi connectivity index (χ1n) is 8.60. The fourth-order valence-corrected chi connectivity index (χ4v) is 4.36. The summed E-state index contributed by atoms with van der Waals surface area (Å²) in [5.41, 5.74) is 1.79. The quantitative estimate of drug-likeness (QED) is 0.747. The van der Waals surface area contributed by atoms with Gasteiger partial charge in [0.15, 0.2) is 0 Å². The molecule has 7 nitrogen and oxygen atoms in total. The van der Waals surface area contributed by atoms with Crippen molar-refractivity contribution in [3.8, 4) is 0 Å². The van der Waals surface area contributed by atoms with Gasteiger partial charge in [-0.05, 0) is 48.4 Å². The molecule has 1 N–H and O–H groups in total. The molecule has 9 heteroatoms. The third-order valence-electron chi connectivity index (χ3n) is 4.48. The molecule has 3 rings (SSSR count). The topological polar surface area (TPSA) is 92.8 Å². The lowest BCUT2D eigenvalue weighted by Crippen LogP contribution is -2.27. The largest absolute Gasteiger partial charge is 0.465 e. The molecule has 0 saturated carbocycles. The highest BCUT2D eigenvalue weighted by atomic mass is 35.5. The van der Waals surface area contributed by atoms with Crippen molar-refractivity contribution in [3.05, 3.63) is 52.5 Å². The van der Waals surface area contributed by atoms with Gasteiger partial charge in [-0.25, -0.2) is 13.2 Å². The smallest absolute Gasteiger partial charge is 0.339 e. The Bertz CT molecular complexity index is 1050. The molecule has 1 heterocycles. The van der Waals surface area contributed by atoms with Crippen LogP contribution in [0.1, 0.15) is 29.3 Å². The maximum Gasteiger partial charge on any atom is 0.339 e. The number of esters is 1. The van der Waals surface area contributed by atoms with Crippen molar-refractivity contribution in [1.29, 1.82) is 0 Å². The van der Waals surface area contributed by atoms with Crippen LogP contribution < -0.4 is 9.62 Å². The molecule has 2 aromatic carbocycles. The molecule has 0 atom stereocenters. The molecule has 0 aliphatic carbocycles. The summed E-state index contributed by atoms with van der Waals surface area (Å²) in [7, 11) is -2.67. The summed E-state index contributed by atoms with van der Waals surface area (Å²) in [4.78, 5) is 25.5. The van der Waals surface area contributed by atoms with Crippen LogP contribution in [-0.4, -0.2) is 33.9 Å². The Morgan fingerprint density at radius 1 is 1.21 bits per heavy atom. The van der Waals surface area contributed by atoms with Crippen molar-refractivity contribution in [1.82, 2.24) is 0 Å². The molecular formula is C19H19ClN2O5S. The van der Waals surface area contributed by atoms with Gasteiger partial charge in [-0.2, -0.15) is 0 Å². The number of sulfonamides is 1. The van der Waals surface area contributed by atoms with Gasteiger partial charge in [-0.1, -0.05) is 18.5 Å². The Morgan fingerprint density at radius 3 is 2.64 bits per heavy atom. The van der Waals surface area contributed by atoms with Crippen molar-refractivity contribution >= 4 is 44.9 Å². The number of hydrogen-bond acceptors (Lipinski definition) is 5. The first-order chi connectivity index (χ1) is 13.3. The van der Waals surface area contributed by atoms with Gasteiger partial charge in [-0.15, -0.1) is 0 Å². The molecule has 0 bridgehead atoms. The molecule has 0 unspecified atom stereocenters. The number of benzene rings is 2. The molecule has 28 heavy (non-hydrogen) atoms. The lowest BCUT2D eigenvalue weighted by atomic mass is 10.2. The summed E-state index contributed by atoms with van der Waals surface area (Å²) in [5, 5.41) is 0.160. The van der Waals surface area contributed by atoms with Crippen LogP contribution in [0.4, 0.5) is 11.4 Å². The molecule has 148 valence electrons. The zero-order valence-corrected chi connectivity index (χ0v) is 16.9. The summed E-state index contributed by atoms with van der Waals surface area (Å²) in [6.07, 6.45) is 0.984. The van der Waals surface area contributed by atoms with E-state index in [2.05, 4.69) is 9.46 Å². The second-order valence-electron chi connectivity index (χ2n) is 6.23. The van der Waals surface area contributed by atoms with E-state index in [0.29, 0.717) is 19.4 Å². The van der Waals surface area contributed by atoms with Crippen molar-refractivity contribution in [3.63, 3.8) is 0 Å². The van der Waals surface area contributed by atoms with Gasteiger partial charge in [0.25, 0.3) is 10.0 Å². The molecule has 1 aliphatic heterocycles. The highest BCUT2D eigenvalue weighted by molar-refractivity contribution is 7.92. The van der Waals surface area contributed by atoms with Gasteiger partial charge in [0.2, 0.25) is 5.91 Å². The number of amides is 1. The Hall–Kier alpha value is -2.58. The van der Waals surface area contributed by atoms with Crippen molar-refractivity contribution < 1.29 is 22.7 Å². The van der Waals surface area contributed by atoms with E-state index < -0.39 is 16.0 Å². The molecule has 0 aromatic heterocycles. The van der Waals surface area contributed by atoms with E-state index >= 15 is 0 Å². The fraction of sp³-hybridized carbons (Fsp3) is 0.263. The number of carbonyl (C=O) groups is 2. The molecular weight excluding hydrogens is 404 g/mol. The predicted octanol–water partition coefficient (Wildman–Crippen LogP) is 3.23. The summed E-state index contributed by atoms with van der Waals surface area (Å²) in [6, 6.07) is 8.87. The summed E-state index contributed by atoms with van der Waals surface area (Å²) in [6.45, 7) is 2.33. The van der Waals surface area contributed by atoms with E-state index in [1.807, 2.05) is 0 Å². The highest BCUT2D eigenvalue weighted by Crippen LogP contribution is 2.31. The number of fused-ring (bicyclic) bond motifs is 1. The van der Waals surface area contributed by atoms with E-state index in [1.165, 1.54) is 31.4 Å². The first kappa shape index (κ1) is 20.2. The van der Waals surface area contributed by atoms with Gasteiger partial charge in [0.05, 0.1) is 22.6 Å². The lowest BCUT2D eigenvalue weighted by Gasteiger charge is -2.16. The number of carbonyl (C=O) groups excluding carboxylic acids is 2. The van der Waals surface area contributed by atoms with Crippen LogP contribution in [0.3, 0.4) is 0 Å². The Balaban J connectivity index is 1.89. The van der Waals surface area contributed by atoms with Crippen LogP contribution in [0.5, 0.6) is 0 Å². The molecule has 0 radical (unpaired) electrons. The second kappa shape index (κ2) is 7.81. The van der Waals surface area contributed by atoms with Gasteiger partial charge in [0, 0.05) is 24.3 Å². The van der Waals surface area contributed by atoms with E-state index in [1.54, 1.807) is 24.0 Å². The van der Waals surface area contributed by atoms with Crippen LogP contribution in [0.2, 0.25) is 5.02 Å². The number of ether oxygens (including phenoxy) is 1. The molecule has 2 aromatic rings. The summed E-state index contributed by atoms with van der Waals surface area (Å²) in [5.74, 6) is -0.659. The van der Waals surface area contributed by atoms with Crippen LogP contribution in [0.15, 0.2) is 41.3 Å². The minimum absolute atomic E-state index is 0.00369. The zero-order chi connectivity index (χ0) is 20.5. The minimum Gasteiger partial charge on any atom is -0.465 e. The lowest BCUT2D eigenvalue weighted by molar-refractivity contribution is -0.118. The fourth-order valence-electron chi connectivity index (χ4n) is 3.06. The van der Waals surface area contributed by atoms with Crippen LogP contribution >= 0.6 is 11.6 Å². The first-order valence-corrected chi connectivity index (χ1v) is 10.5. The number of methoxy groups -OCH3 is 1. The minimum atomic E-state index is -3.89. The highest BCUT2D eigenvalue weighted by Gasteiger charge is 2.26. The molecule has 1 aliphatic rings. The van der Waals surface area contributed by atoms with Crippen molar-refractivity contribution in [2.45, 2.75) is 24.7 Å². The third kappa shape index (κ3) is 3.83. The van der Waals surface area contributed by atoms with Crippen molar-refractivity contribution in [2.75, 3.05) is 23.3 Å². The third-order valence-corrected chi connectivity index (χ3v) is 6.19. The number of nitrogens with one attached hydrogen (secondary N) is 1. The van der Waals surface area contributed by atoms with Gasteiger partial charge in [0.1, 0.15) is 0 Å². The average Bonchev–Trinajstić information content (AvgIpc) is 3.11. The number of rotatable bonds is 5. The van der Waals surface area contributed by atoms with Crippen LogP contribution in [-0.2, 0) is 26.0 Å². The van der Waals surface area contributed by atoms with Crippen LogP contribution in [0.25, 0.3) is 0 Å². The second-order valence-corrected chi connectivity index (χ2v) is 8.32. The number of anilines is 2. The Labute approximate surface area is 168 Å². The number of hydrogen-bond donors (Lipinski definition) is 1. The van der Waals surface area contributed by atoms with E-state index in [4.69, 9.17) is 11.6 Å². The predicted molar refractivity (Wildman–Crippen MR) is 106 cm³/mol. The normalized spacial score (nSPS) is 13.2. The van der Waals surface area contributed by atoms with E-state index in [-0.39, 0.29) is 27.1 Å². The molecule has 1 amide bonds. The SMILES string of the molecule is CCC(=O)N1CCc2cc(S(=O)(=O)Nc3ccc(Cl)c(C(=O)OC)c3)ccc21. The molecule has 0 fully saturated rings. The maximum atomic E-state index is 12.8. The zero-order valence-electron chi connectivity index (χ0n) is 15.4. The summed E-state index contributed by atoms with van der Waals surface area (Å²) >= 11 is 5.96. The molecule has 0 spiro atoms. The Kier molecular flexibility index (Phi) is 5.62. The average molecular weight is 423 g/mol. The maximum absolute atomic E-state index is 12.8. The van der Waals surface area contributed by atoms with Crippen molar-refractivity contribution in [2.24, 2.45) is 0 Å². The monoisotopic (exact) mass is 422 g/mol. The van der Waals surface area contributed by atoms with Gasteiger partial charge in [-0.3, -0.25) is 9.52 Å². The van der Waals surface area contributed by atoms with E-state index in [9.17, 15) is 18.0 Å². The molecule has 0 saturated heterocycles. The van der Waals surface area contributed by atoms with Gasteiger partial charge < -0.3 is 9.64 Å². The number of halogens is 1. The summed E-state index contributed by atoms with van der Waals surface area (Å²) < 4.78 is 32.6. The Morgan fingerprint density at radius 2 is 1.96 bits per heavy atom. The van der Waals surface area contributed by atoms with Crippen LogP contribution in [0, 0.1) is 0 Å².